The van der Waals surface area contributed by atoms with Gasteiger partial charge in [-0.2, -0.15) is 0 Å². The molecule has 2 fully saturated rings. The van der Waals surface area contributed by atoms with Crippen molar-refractivity contribution in [3.05, 3.63) is 251 Å². The largest absolute Gasteiger partial charge is 0.385 e. The minimum absolute atomic E-state index is 0.0608. The van der Waals surface area contributed by atoms with Gasteiger partial charge in [-0.3, -0.25) is 0 Å². The second-order valence-corrected chi connectivity index (χ2v) is 18.0. The summed E-state index contributed by atoms with van der Waals surface area (Å²) >= 11 is 0. The van der Waals surface area contributed by atoms with Crippen LogP contribution in [-0.2, 0) is 93.6 Å². The van der Waals surface area contributed by atoms with Gasteiger partial charge in [0.05, 0.1) is 59.5 Å². The van der Waals surface area contributed by atoms with E-state index in [0.29, 0.717) is 13.2 Å². The van der Waals surface area contributed by atoms with E-state index in [1.807, 2.05) is 212 Å². The maximum absolute atomic E-state index is 12.5. The van der Waals surface area contributed by atoms with Crippen molar-refractivity contribution in [3.63, 3.8) is 0 Å². The predicted octanol–water partition coefficient (Wildman–Crippen LogP) is 10.2. The molecule has 1 N–H and O–H groups in total. The molecule has 10 unspecified atom stereocenters. The van der Waals surface area contributed by atoms with Gasteiger partial charge in [-0.15, -0.1) is 0 Å². The molecule has 0 saturated carbocycles. The fraction of sp³-hybridized carbons (Fsp3) is 0.311. The highest BCUT2D eigenvalue weighted by molar-refractivity contribution is 5.19. The second-order valence-electron chi connectivity index (χ2n) is 18.0. The van der Waals surface area contributed by atoms with E-state index in [1.165, 1.54) is 0 Å². The van der Waals surface area contributed by atoms with Gasteiger partial charge in [0.1, 0.15) is 48.8 Å². The number of rotatable bonds is 25. The number of benzene rings is 7. The van der Waals surface area contributed by atoms with Gasteiger partial charge in [0.2, 0.25) is 0 Å². The van der Waals surface area contributed by atoms with Crippen molar-refractivity contribution in [2.75, 3.05) is 13.2 Å². The first-order valence-electron chi connectivity index (χ1n) is 24.8. The standard InChI is InChI=1S/C61H64O11/c62-54-57(66-39-48-28-14-4-15-29-48)56(53(44-64-37-46-24-10-2-11-25-46)70-60(54)69-42-51-34-20-7-21-35-51)72-61-59(68-41-50-32-18-6-19-33-50)58(67-40-49-30-16-5-17-31-49)55(65-38-47-26-12-3-13-27-47)52(71-61)43-63-36-45-22-8-1-9-23-45/h1-35,52-62H,36-44H2. The van der Waals surface area contributed by atoms with Crippen LogP contribution in [0.2, 0.25) is 0 Å². The maximum atomic E-state index is 12.5. The predicted molar refractivity (Wildman–Crippen MR) is 272 cm³/mol. The molecule has 374 valence electrons. The molecule has 9 rings (SSSR count). The van der Waals surface area contributed by atoms with Gasteiger partial charge >= 0.3 is 0 Å². The van der Waals surface area contributed by atoms with Crippen molar-refractivity contribution >= 4 is 0 Å². The fourth-order valence-electron chi connectivity index (χ4n) is 8.92. The molecule has 72 heavy (non-hydrogen) atoms. The SMILES string of the molecule is OC1C(OCc2ccccc2)OC(COCc2ccccc2)C(OC2OC(COCc3ccccc3)C(OCc3ccccc3)C(OCc3ccccc3)C2OCc2ccccc2)C1OCc1ccccc1. The van der Waals surface area contributed by atoms with Crippen molar-refractivity contribution < 1.29 is 52.5 Å². The van der Waals surface area contributed by atoms with E-state index in [1.54, 1.807) is 0 Å². The van der Waals surface area contributed by atoms with Gasteiger partial charge in [-0.25, -0.2) is 0 Å². The third-order valence-corrected chi connectivity index (χ3v) is 12.7. The molecule has 2 aliphatic heterocycles. The van der Waals surface area contributed by atoms with Crippen molar-refractivity contribution in [1.29, 1.82) is 0 Å². The highest BCUT2D eigenvalue weighted by Crippen LogP contribution is 2.36. The number of hydrogen-bond donors (Lipinski definition) is 1. The molecule has 0 radical (unpaired) electrons. The lowest BCUT2D eigenvalue weighted by molar-refractivity contribution is -0.375. The summed E-state index contributed by atoms with van der Waals surface area (Å²) in [6, 6.07) is 69.5. The summed E-state index contributed by atoms with van der Waals surface area (Å²) < 4.78 is 68.4. The molecule has 2 heterocycles. The van der Waals surface area contributed by atoms with Crippen LogP contribution in [-0.4, -0.2) is 79.7 Å². The highest BCUT2D eigenvalue weighted by atomic mass is 16.8. The zero-order chi connectivity index (χ0) is 49.0. The molecule has 7 aromatic rings. The minimum atomic E-state index is -1.31. The maximum Gasteiger partial charge on any atom is 0.187 e. The molecule has 7 aromatic carbocycles. The number of aliphatic hydroxyl groups is 1. The van der Waals surface area contributed by atoms with Crippen LogP contribution in [0.1, 0.15) is 38.9 Å². The third kappa shape index (κ3) is 14.8. The topological polar surface area (TPSA) is 113 Å². The first-order valence-corrected chi connectivity index (χ1v) is 24.8. The summed E-state index contributed by atoms with van der Waals surface area (Å²) in [5.41, 5.74) is 6.73. The molecular formula is C61H64O11. The van der Waals surface area contributed by atoms with Gasteiger partial charge in [-0.05, 0) is 38.9 Å². The first kappa shape index (κ1) is 51.0. The molecule has 2 saturated heterocycles. The second kappa shape index (κ2) is 27.2. The van der Waals surface area contributed by atoms with E-state index < -0.39 is 61.4 Å². The molecule has 0 aliphatic carbocycles. The van der Waals surface area contributed by atoms with E-state index in [4.69, 9.17) is 47.4 Å². The molecule has 0 amide bonds. The van der Waals surface area contributed by atoms with Gasteiger partial charge in [0, 0.05) is 0 Å². The Balaban J connectivity index is 1.08. The van der Waals surface area contributed by atoms with Gasteiger partial charge in [0.15, 0.2) is 12.6 Å². The van der Waals surface area contributed by atoms with Crippen LogP contribution in [0.5, 0.6) is 0 Å². The lowest BCUT2D eigenvalue weighted by atomic mass is 9.96. The summed E-state index contributed by atoms with van der Waals surface area (Å²) in [6.07, 6.45) is -9.49. The van der Waals surface area contributed by atoms with E-state index in [2.05, 4.69) is 0 Å². The summed E-state index contributed by atoms with van der Waals surface area (Å²) in [4.78, 5) is 0. The Morgan fingerprint density at radius 1 is 0.292 bits per heavy atom. The van der Waals surface area contributed by atoms with E-state index in [0.717, 1.165) is 38.9 Å². The first-order chi connectivity index (χ1) is 35.6. The summed E-state index contributed by atoms with van der Waals surface area (Å²) in [5, 5.41) is 12.5. The molecule has 0 bridgehead atoms. The zero-order valence-corrected chi connectivity index (χ0v) is 40.4. The number of ether oxygens (including phenoxy) is 10. The van der Waals surface area contributed by atoms with Crippen molar-refractivity contribution in [3.8, 4) is 0 Å². The van der Waals surface area contributed by atoms with Crippen LogP contribution in [0.25, 0.3) is 0 Å². The van der Waals surface area contributed by atoms with Crippen LogP contribution in [0.4, 0.5) is 0 Å². The zero-order valence-electron chi connectivity index (χ0n) is 40.4. The summed E-state index contributed by atoms with van der Waals surface area (Å²) in [7, 11) is 0. The number of hydrogen-bond acceptors (Lipinski definition) is 11. The van der Waals surface area contributed by atoms with Crippen LogP contribution in [0, 0.1) is 0 Å². The van der Waals surface area contributed by atoms with Crippen LogP contribution < -0.4 is 0 Å². The van der Waals surface area contributed by atoms with E-state index >= 15 is 0 Å². The lowest BCUT2D eigenvalue weighted by Gasteiger charge is -2.49. The van der Waals surface area contributed by atoms with Crippen molar-refractivity contribution in [2.45, 2.75) is 108 Å². The fourth-order valence-corrected chi connectivity index (χ4v) is 8.92. The molecular weight excluding hydrogens is 909 g/mol. The molecule has 10 atom stereocenters. The molecule has 0 aromatic heterocycles. The monoisotopic (exact) mass is 972 g/mol. The smallest absolute Gasteiger partial charge is 0.187 e. The quantitative estimate of drug-likeness (QED) is 0.0591. The normalized spacial score (nSPS) is 24.2. The average molecular weight is 973 g/mol. The molecule has 0 spiro atoms. The molecule has 11 heteroatoms. The van der Waals surface area contributed by atoms with Gasteiger partial charge in [0.25, 0.3) is 0 Å². The van der Waals surface area contributed by atoms with Crippen LogP contribution in [0.3, 0.4) is 0 Å². The summed E-state index contributed by atoms with van der Waals surface area (Å²) in [6.45, 7) is 1.91. The third-order valence-electron chi connectivity index (χ3n) is 12.7. The van der Waals surface area contributed by atoms with Crippen LogP contribution in [0.15, 0.2) is 212 Å². The Morgan fingerprint density at radius 3 is 0.972 bits per heavy atom. The Labute approximate surface area is 423 Å². The molecule has 2 aliphatic rings. The molecule has 11 nitrogen and oxygen atoms in total. The van der Waals surface area contributed by atoms with Crippen molar-refractivity contribution in [1.82, 2.24) is 0 Å². The lowest BCUT2D eigenvalue weighted by Crippen LogP contribution is -2.66. The van der Waals surface area contributed by atoms with E-state index in [-0.39, 0.29) is 46.2 Å². The van der Waals surface area contributed by atoms with Crippen molar-refractivity contribution in [2.24, 2.45) is 0 Å². The average Bonchev–Trinajstić information content (AvgIpc) is 3.44. The number of aliphatic hydroxyl groups excluding tert-OH is 1. The Morgan fingerprint density at radius 2 is 0.583 bits per heavy atom. The minimum Gasteiger partial charge on any atom is -0.385 e. The Hall–Kier alpha value is -5.90. The Kier molecular flexibility index (Phi) is 19.3. The highest BCUT2D eigenvalue weighted by Gasteiger charge is 2.54. The van der Waals surface area contributed by atoms with E-state index in [9.17, 15) is 5.11 Å². The van der Waals surface area contributed by atoms with Gasteiger partial charge in [-0.1, -0.05) is 212 Å². The van der Waals surface area contributed by atoms with Gasteiger partial charge < -0.3 is 52.5 Å². The van der Waals surface area contributed by atoms with Crippen LogP contribution >= 0.6 is 0 Å². The summed E-state index contributed by atoms with van der Waals surface area (Å²) in [5.74, 6) is 0. The Bertz CT molecular complexity index is 2550.